The van der Waals surface area contributed by atoms with E-state index in [0.29, 0.717) is 43.1 Å². The zero-order chi connectivity index (χ0) is 21.6. The van der Waals surface area contributed by atoms with E-state index in [2.05, 4.69) is 27.8 Å². The maximum Gasteiger partial charge on any atom is 0.246 e. The van der Waals surface area contributed by atoms with E-state index in [1.165, 1.54) is 6.08 Å². The average molecular weight is 420 g/mol. The fraction of sp³-hybridized carbons (Fsp3) is 0.348. The number of ether oxygens (including phenoxy) is 2. The molecule has 2 aromatic heterocycles. The highest BCUT2D eigenvalue weighted by atomic mass is 16.5. The van der Waals surface area contributed by atoms with E-state index in [4.69, 9.17) is 9.47 Å². The van der Waals surface area contributed by atoms with Gasteiger partial charge in [-0.2, -0.15) is 0 Å². The third-order valence-electron chi connectivity index (χ3n) is 6.49. The number of H-pyrrole nitrogens is 1. The Bertz CT molecular complexity index is 1160. The summed E-state index contributed by atoms with van der Waals surface area (Å²) < 4.78 is 11.9. The Morgan fingerprint density at radius 1 is 1.39 bits per heavy atom. The molecule has 1 aromatic carbocycles. The van der Waals surface area contributed by atoms with E-state index >= 15 is 0 Å². The van der Waals surface area contributed by atoms with Crippen LogP contribution in [0.25, 0.3) is 22.3 Å². The third kappa shape index (κ3) is 3.19. The summed E-state index contributed by atoms with van der Waals surface area (Å²) in [6, 6.07) is 11.0. The first-order valence-corrected chi connectivity index (χ1v) is 10.3. The fourth-order valence-electron chi connectivity index (χ4n) is 4.83. The zero-order valence-electron chi connectivity index (χ0n) is 17.2. The molecule has 0 spiro atoms. The molecule has 0 unspecified atom stereocenters. The number of amides is 1. The van der Waals surface area contributed by atoms with E-state index in [0.717, 1.165) is 11.1 Å². The highest BCUT2D eigenvalue weighted by Crippen LogP contribution is 2.44. The average Bonchev–Trinajstić information content (AvgIpc) is 3.01. The number of phenols is 1. The van der Waals surface area contributed by atoms with Crippen molar-refractivity contribution in [2.45, 2.75) is 24.0 Å². The standard InChI is InChI=1S/C23H24N4O4/c1-3-21(29)27-12-23(30-2)13-31-11-15(27)10-17(23)19-9-14-8-18(25-26-22(14)24-19)16-6-4-5-7-20(16)28/h3-9,15,17,28H,1,10-13H2,2H3,(H,24,26)/t15-,17+,23+/m1/s1. The number of hydrogen-bond donors (Lipinski definition) is 2. The highest BCUT2D eigenvalue weighted by Gasteiger charge is 2.52. The van der Waals surface area contributed by atoms with Gasteiger partial charge in [0.25, 0.3) is 0 Å². The van der Waals surface area contributed by atoms with Crippen LogP contribution in [0.3, 0.4) is 0 Å². The van der Waals surface area contributed by atoms with Crippen LogP contribution in [0.1, 0.15) is 18.0 Å². The molecule has 3 fully saturated rings. The van der Waals surface area contributed by atoms with Crippen LogP contribution in [0.4, 0.5) is 0 Å². The Hall–Kier alpha value is -3.23. The molecule has 3 aromatic rings. The molecule has 1 amide bonds. The number of piperidine rings is 1. The van der Waals surface area contributed by atoms with E-state index in [1.54, 1.807) is 24.1 Å². The van der Waals surface area contributed by atoms with Crippen LogP contribution in [0, 0.1) is 0 Å². The first kappa shape index (κ1) is 19.7. The van der Waals surface area contributed by atoms with Gasteiger partial charge >= 0.3 is 0 Å². The van der Waals surface area contributed by atoms with Crippen molar-refractivity contribution >= 4 is 16.9 Å². The lowest BCUT2D eigenvalue weighted by molar-refractivity contribution is -0.140. The molecule has 31 heavy (non-hydrogen) atoms. The molecule has 0 aliphatic carbocycles. The second-order valence-electron chi connectivity index (χ2n) is 8.17. The summed E-state index contributed by atoms with van der Waals surface area (Å²) in [5.41, 5.74) is 2.21. The van der Waals surface area contributed by atoms with Gasteiger partial charge in [0, 0.05) is 29.7 Å². The number of hydrogen-bond acceptors (Lipinski definition) is 6. The molecule has 3 aliphatic heterocycles. The SMILES string of the molecule is C=CC(=O)N1C[C@]2(OC)COC[C@H]1C[C@H]2c1cc2cc(-c3ccccc3O)nnc2[nH]1. The lowest BCUT2D eigenvalue weighted by Gasteiger charge is -2.46. The number of fused-ring (bicyclic) bond motifs is 5. The molecule has 0 radical (unpaired) electrons. The van der Waals surface area contributed by atoms with E-state index in [9.17, 15) is 9.90 Å². The molecule has 8 nitrogen and oxygen atoms in total. The molecule has 6 rings (SSSR count). The number of methoxy groups -OCH3 is 1. The largest absolute Gasteiger partial charge is 0.507 e. The maximum absolute atomic E-state index is 12.4. The Morgan fingerprint density at radius 2 is 2.23 bits per heavy atom. The van der Waals surface area contributed by atoms with Crippen LogP contribution >= 0.6 is 0 Å². The van der Waals surface area contributed by atoms with Crippen molar-refractivity contribution in [3.05, 3.63) is 54.7 Å². The molecule has 0 saturated carbocycles. The summed E-state index contributed by atoms with van der Waals surface area (Å²) in [4.78, 5) is 17.6. The normalized spacial score (nSPS) is 25.5. The zero-order valence-corrected chi connectivity index (χ0v) is 17.2. The third-order valence-corrected chi connectivity index (χ3v) is 6.49. The van der Waals surface area contributed by atoms with E-state index in [-0.39, 0.29) is 23.6 Å². The predicted molar refractivity (Wildman–Crippen MR) is 115 cm³/mol. The number of rotatable bonds is 4. The number of aromatic hydroxyl groups is 1. The number of carbonyl (C=O) groups is 1. The number of carbonyl (C=O) groups excluding carboxylic acids is 1. The summed E-state index contributed by atoms with van der Waals surface area (Å²) in [5, 5.41) is 19.7. The topological polar surface area (TPSA) is 101 Å². The molecule has 8 heteroatoms. The van der Waals surface area contributed by atoms with Crippen molar-refractivity contribution in [1.82, 2.24) is 20.1 Å². The second-order valence-corrected chi connectivity index (χ2v) is 8.17. The minimum Gasteiger partial charge on any atom is -0.507 e. The lowest BCUT2D eigenvalue weighted by atomic mass is 9.77. The molecular formula is C23H24N4O4. The second kappa shape index (κ2) is 7.47. The Kier molecular flexibility index (Phi) is 4.75. The van der Waals surface area contributed by atoms with Crippen molar-refractivity contribution < 1.29 is 19.4 Å². The predicted octanol–water partition coefficient (Wildman–Crippen LogP) is 2.62. The van der Waals surface area contributed by atoms with Crippen molar-refractivity contribution in [3.8, 4) is 17.0 Å². The number of para-hydroxylation sites is 1. The van der Waals surface area contributed by atoms with Crippen LogP contribution in [0.5, 0.6) is 5.75 Å². The van der Waals surface area contributed by atoms with Crippen LogP contribution in [0.2, 0.25) is 0 Å². The van der Waals surface area contributed by atoms with Crippen LogP contribution in [-0.2, 0) is 14.3 Å². The summed E-state index contributed by atoms with van der Waals surface area (Å²) >= 11 is 0. The number of nitrogens with zero attached hydrogens (tertiary/aromatic N) is 3. The smallest absolute Gasteiger partial charge is 0.246 e. The summed E-state index contributed by atoms with van der Waals surface area (Å²) in [6.45, 7) is 4.94. The van der Waals surface area contributed by atoms with Crippen LogP contribution in [-0.4, -0.2) is 69.6 Å². The fourth-order valence-corrected chi connectivity index (χ4v) is 4.83. The number of aromatic amines is 1. The van der Waals surface area contributed by atoms with Gasteiger partial charge in [0.05, 0.1) is 31.5 Å². The Balaban J connectivity index is 1.54. The Labute approximate surface area is 179 Å². The van der Waals surface area contributed by atoms with Gasteiger partial charge in [0.2, 0.25) is 5.91 Å². The van der Waals surface area contributed by atoms with Gasteiger partial charge in [0.15, 0.2) is 5.65 Å². The van der Waals surface area contributed by atoms with Crippen molar-refractivity contribution in [2.24, 2.45) is 0 Å². The number of benzene rings is 1. The van der Waals surface area contributed by atoms with Gasteiger partial charge in [-0.3, -0.25) is 4.79 Å². The van der Waals surface area contributed by atoms with Crippen LogP contribution < -0.4 is 0 Å². The number of phenolic OH excluding ortho intramolecular Hbond substituents is 1. The van der Waals surface area contributed by atoms with Gasteiger partial charge in [-0.25, -0.2) is 0 Å². The van der Waals surface area contributed by atoms with Crippen LogP contribution in [0.15, 0.2) is 49.1 Å². The monoisotopic (exact) mass is 420 g/mol. The summed E-state index contributed by atoms with van der Waals surface area (Å²) in [5.74, 6) is 0.0577. The first-order chi connectivity index (χ1) is 15.0. The minimum absolute atomic E-state index is 0.00152. The highest BCUT2D eigenvalue weighted by molar-refractivity contribution is 5.87. The molecule has 3 atom stereocenters. The van der Waals surface area contributed by atoms with Gasteiger partial charge < -0.3 is 24.5 Å². The molecule has 2 bridgehead atoms. The van der Waals surface area contributed by atoms with E-state index in [1.807, 2.05) is 18.2 Å². The summed E-state index contributed by atoms with van der Waals surface area (Å²) in [6.07, 6.45) is 2.05. The minimum atomic E-state index is -0.666. The van der Waals surface area contributed by atoms with Crippen molar-refractivity contribution in [1.29, 1.82) is 0 Å². The van der Waals surface area contributed by atoms with Gasteiger partial charge in [-0.15, -0.1) is 10.2 Å². The first-order valence-electron chi connectivity index (χ1n) is 10.3. The molecular weight excluding hydrogens is 396 g/mol. The maximum atomic E-state index is 12.4. The molecule has 5 heterocycles. The molecule has 2 N–H and O–H groups in total. The van der Waals surface area contributed by atoms with Gasteiger partial charge in [-0.05, 0) is 36.8 Å². The molecule has 3 aliphatic rings. The molecule has 3 saturated heterocycles. The van der Waals surface area contributed by atoms with Gasteiger partial charge in [-0.1, -0.05) is 18.7 Å². The number of aromatic nitrogens is 3. The van der Waals surface area contributed by atoms with E-state index < -0.39 is 5.60 Å². The molecule has 160 valence electrons. The number of nitrogens with one attached hydrogen (secondary N) is 1. The van der Waals surface area contributed by atoms with Crippen molar-refractivity contribution in [3.63, 3.8) is 0 Å². The van der Waals surface area contributed by atoms with Gasteiger partial charge in [0.1, 0.15) is 11.4 Å². The lowest BCUT2D eigenvalue weighted by Crippen LogP contribution is -2.58. The summed E-state index contributed by atoms with van der Waals surface area (Å²) in [7, 11) is 1.66. The Morgan fingerprint density at radius 3 is 3.00 bits per heavy atom. The van der Waals surface area contributed by atoms with Crippen molar-refractivity contribution in [2.75, 3.05) is 26.9 Å². The quantitative estimate of drug-likeness (QED) is 0.630.